The van der Waals surface area contributed by atoms with E-state index in [-0.39, 0.29) is 5.91 Å². The molecule has 0 atom stereocenters. The second-order valence-electron chi connectivity index (χ2n) is 6.62. The maximum atomic E-state index is 12.3. The van der Waals surface area contributed by atoms with Gasteiger partial charge in [-0.25, -0.2) is 0 Å². The van der Waals surface area contributed by atoms with E-state index in [9.17, 15) is 4.79 Å². The van der Waals surface area contributed by atoms with Crippen LogP contribution in [-0.4, -0.2) is 17.9 Å². The Balaban J connectivity index is 1.59. The lowest BCUT2D eigenvalue weighted by atomic mass is 10.1. The second-order valence-corrected chi connectivity index (χ2v) is 6.62. The number of benzene rings is 3. The molecular weight excluding hydrogens is 320 g/mol. The van der Waals surface area contributed by atoms with Crippen molar-refractivity contribution >= 4 is 11.6 Å². The van der Waals surface area contributed by atoms with Crippen molar-refractivity contribution in [1.29, 1.82) is 0 Å². The van der Waals surface area contributed by atoms with Crippen LogP contribution in [0.15, 0.2) is 78.9 Å². The fraction of sp³-hybridized carbons (Fsp3) is 0.174. The smallest absolute Gasteiger partial charge is 0.255 e. The number of hydrogen-bond acceptors (Lipinski definition) is 2. The Morgan fingerprint density at radius 3 is 2.19 bits per heavy atom. The number of carbonyl (C=O) groups is 1. The van der Waals surface area contributed by atoms with Gasteiger partial charge in [-0.3, -0.25) is 9.69 Å². The Hall–Kier alpha value is -2.91. The standard InChI is InChI=1S/C23H24N2O/c1-18-8-6-7-9-21(18)17-25(2)16-19-12-14-20(15-13-19)23(26)24-22-10-4-3-5-11-22/h3-15H,16-17H2,1-2H3,(H,24,26). The monoisotopic (exact) mass is 344 g/mol. The van der Waals surface area contributed by atoms with Crippen LogP contribution in [0.3, 0.4) is 0 Å². The predicted octanol–water partition coefficient (Wildman–Crippen LogP) is 4.88. The van der Waals surface area contributed by atoms with Gasteiger partial charge in [0.1, 0.15) is 0 Å². The summed E-state index contributed by atoms with van der Waals surface area (Å²) in [4.78, 5) is 14.6. The minimum absolute atomic E-state index is 0.0870. The molecule has 0 bridgehead atoms. The molecule has 26 heavy (non-hydrogen) atoms. The SMILES string of the molecule is Cc1ccccc1CN(C)Cc1ccc(C(=O)Nc2ccccc2)cc1. The van der Waals surface area contributed by atoms with E-state index in [0.29, 0.717) is 5.56 Å². The highest BCUT2D eigenvalue weighted by Crippen LogP contribution is 2.14. The number of para-hydroxylation sites is 1. The molecule has 0 aliphatic carbocycles. The highest BCUT2D eigenvalue weighted by molar-refractivity contribution is 6.04. The summed E-state index contributed by atoms with van der Waals surface area (Å²) < 4.78 is 0. The molecule has 3 rings (SSSR count). The first-order valence-electron chi connectivity index (χ1n) is 8.80. The fourth-order valence-corrected chi connectivity index (χ4v) is 2.93. The van der Waals surface area contributed by atoms with E-state index in [0.717, 1.165) is 18.8 Å². The predicted molar refractivity (Wildman–Crippen MR) is 107 cm³/mol. The highest BCUT2D eigenvalue weighted by Gasteiger charge is 2.07. The van der Waals surface area contributed by atoms with Gasteiger partial charge in [0, 0.05) is 24.3 Å². The van der Waals surface area contributed by atoms with Gasteiger partial charge in [-0.2, -0.15) is 0 Å². The average molecular weight is 344 g/mol. The molecule has 0 aromatic heterocycles. The van der Waals surface area contributed by atoms with Crippen LogP contribution in [0.4, 0.5) is 5.69 Å². The molecule has 0 aliphatic rings. The van der Waals surface area contributed by atoms with Crippen LogP contribution in [-0.2, 0) is 13.1 Å². The molecule has 1 amide bonds. The van der Waals surface area contributed by atoms with E-state index >= 15 is 0 Å². The lowest BCUT2D eigenvalue weighted by molar-refractivity contribution is 0.102. The number of nitrogens with one attached hydrogen (secondary N) is 1. The van der Waals surface area contributed by atoms with Crippen molar-refractivity contribution in [1.82, 2.24) is 4.90 Å². The first kappa shape index (κ1) is 17.9. The minimum atomic E-state index is -0.0870. The molecule has 1 N–H and O–H groups in total. The Kier molecular flexibility index (Phi) is 5.82. The third-order valence-electron chi connectivity index (χ3n) is 4.40. The molecule has 132 valence electrons. The van der Waals surface area contributed by atoms with Crippen LogP contribution in [0.5, 0.6) is 0 Å². The summed E-state index contributed by atoms with van der Waals surface area (Å²) in [5.74, 6) is -0.0870. The van der Waals surface area contributed by atoms with E-state index in [1.807, 2.05) is 54.6 Å². The molecule has 0 heterocycles. The maximum absolute atomic E-state index is 12.3. The largest absolute Gasteiger partial charge is 0.322 e. The molecule has 0 spiro atoms. The highest BCUT2D eigenvalue weighted by atomic mass is 16.1. The molecule has 3 heteroatoms. The van der Waals surface area contributed by atoms with Gasteiger partial charge in [-0.05, 0) is 54.9 Å². The van der Waals surface area contributed by atoms with Gasteiger partial charge in [0.15, 0.2) is 0 Å². The van der Waals surface area contributed by atoms with Crippen LogP contribution in [0.2, 0.25) is 0 Å². The van der Waals surface area contributed by atoms with E-state index < -0.39 is 0 Å². The van der Waals surface area contributed by atoms with Crippen molar-refractivity contribution in [2.45, 2.75) is 20.0 Å². The second kappa shape index (κ2) is 8.45. The van der Waals surface area contributed by atoms with Crippen LogP contribution >= 0.6 is 0 Å². The summed E-state index contributed by atoms with van der Waals surface area (Å²) >= 11 is 0. The van der Waals surface area contributed by atoms with E-state index in [2.05, 4.69) is 48.5 Å². The number of amides is 1. The molecule has 0 saturated heterocycles. The van der Waals surface area contributed by atoms with Crippen LogP contribution < -0.4 is 5.32 Å². The zero-order valence-corrected chi connectivity index (χ0v) is 15.3. The lowest BCUT2D eigenvalue weighted by Crippen LogP contribution is -2.18. The van der Waals surface area contributed by atoms with Gasteiger partial charge in [-0.1, -0.05) is 54.6 Å². The quantitative estimate of drug-likeness (QED) is 0.691. The molecule has 3 nitrogen and oxygen atoms in total. The third kappa shape index (κ3) is 4.80. The summed E-state index contributed by atoms with van der Waals surface area (Å²) in [5.41, 5.74) is 5.32. The van der Waals surface area contributed by atoms with Crippen LogP contribution in [0.25, 0.3) is 0 Å². The molecule has 3 aromatic rings. The van der Waals surface area contributed by atoms with Crippen LogP contribution in [0, 0.1) is 6.92 Å². The van der Waals surface area contributed by atoms with Crippen molar-refractivity contribution < 1.29 is 4.79 Å². The van der Waals surface area contributed by atoms with Gasteiger partial charge in [0.05, 0.1) is 0 Å². The van der Waals surface area contributed by atoms with Crippen molar-refractivity contribution in [2.75, 3.05) is 12.4 Å². The van der Waals surface area contributed by atoms with Gasteiger partial charge >= 0.3 is 0 Å². The van der Waals surface area contributed by atoms with Crippen molar-refractivity contribution in [3.63, 3.8) is 0 Å². The average Bonchev–Trinajstić information content (AvgIpc) is 2.65. The first-order valence-corrected chi connectivity index (χ1v) is 8.80. The molecule has 0 fully saturated rings. The Bertz CT molecular complexity index is 857. The zero-order valence-electron chi connectivity index (χ0n) is 15.3. The topological polar surface area (TPSA) is 32.3 Å². The van der Waals surface area contributed by atoms with Crippen LogP contribution in [0.1, 0.15) is 27.0 Å². The summed E-state index contributed by atoms with van der Waals surface area (Å²) in [6, 6.07) is 25.8. The number of nitrogens with zero attached hydrogens (tertiary/aromatic N) is 1. The Morgan fingerprint density at radius 1 is 0.846 bits per heavy atom. The van der Waals surface area contributed by atoms with Crippen molar-refractivity contribution in [2.24, 2.45) is 0 Å². The summed E-state index contributed by atoms with van der Waals surface area (Å²) in [6.07, 6.45) is 0. The maximum Gasteiger partial charge on any atom is 0.255 e. The molecule has 0 unspecified atom stereocenters. The Morgan fingerprint density at radius 2 is 1.50 bits per heavy atom. The summed E-state index contributed by atoms with van der Waals surface area (Å²) in [6.45, 7) is 3.89. The van der Waals surface area contributed by atoms with Gasteiger partial charge < -0.3 is 5.32 Å². The molecule has 3 aromatic carbocycles. The number of anilines is 1. The normalized spacial score (nSPS) is 10.7. The summed E-state index contributed by atoms with van der Waals surface area (Å²) in [5, 5.41) is 2.91. The molecule has 0 saturated carbocycles. The lowest BCUT2D eigenvalue weighted by Gasteiger charge is -2.18. The van der Waals surface area contributed by atoms with Gasteiger partial charge in [-0.15, -0.1) is 0 Å². The number of rotatable bonds is 6. The molecular formula is C23H24N2O. The van der Waals surface area contributed by atoms with Crippen molar-refractivity contribution in [3.8, 4) is 0 Å². The fourth-order valence-electron chi connectivity index (χ4n) is 2.93. The summed E-state index contributed by atoms with van der Waals surface area (Å²) in [7, 11) is 2.11. The third-order valence-corrected chi connectivity index (χ3v) is 4.40. The Labute approximate surface area is 155 Å². The van der Waals surface area contributed by atoms with Gasteiger partial charge in [0.2, 0.25) is 0 Å². The number of carbonyl (C=O) groups excluding carboxylic acids is 1. The van der Waals surface area contributed by atoms with E-state index in [1.54, 1.807) is 0 Å². The number of hydrogen-bond donors (Lipinski definition) is 1. The molecule has 0 radical (unpaired) electrons. The zero-order chi connectivity index (χ0) is 18.4. The minimum Gasteiger partial charge on any atom is -0.322 e. The van der Waals surface area contributed by atoms with E-state index in [1.165, 1.54) is 16.7 Å². The first-order chi connectivity index (χ1) is 12.6. The number of aryl methyl sites for hydroxylation is 1. The van der Waals surface area contributed by atoms with Gasteiger partial charge in [0.25, 0.3) is 5.91 Å². The van der Waals surface area contributed by atoms with Crippen molar-refractivity contribution in [3.05, 3.63) is 101 Å². The molecule has 0 aliphatic heterocycles. The van der Waals surface area contributed by atoms with E-state index in [4.69, 9.17) is 0 Å².